The molecule has 6 nitrogen and oxygen atoms in total. The Kier molecular flexibility index (Phi) is 6.53. The maximum atomic E-state index is 11.9. The van der Waals surface area contributed by atoms with E-state index in [4.69, 9.17) is 18.0 Å². The molecule has 0 unspecified atom stereocenters. The molecule has 1 heterocycles. The van der Waals surface area contributed by atoms with Crippen molar-refractivity contribution in [3.8, 4) is 0 Å². The van der Waals surface area contributed by atoms with Crippen molar-refractivity contribution < 1.29 is 13.2 Å². The first kappa shape index (κ1) is 17.0. The van der Waals surface area contributed by atoms with Crippen LogP contribution in [0.15, 0.2) is 16.3 Å². The van der Waals surface area contributed by atoms with Gasteiger partial charge in [-0.05, 0) is 18.6 Å². The van der Waals surface area contributed by atoms with Crippen LogP contribution in [0.3, 0.4) is 0 Å². The third kappa shape index (κ3) is 5.16. The van der Waals surface area contributed by atoms with E-state index >= 15 is 0 Å². The number of carbonyl (C=O) groups is 1. The molecule has 0 bridgehead atoms. The van der Waals surface area contributed by atoms with Gasteiger partial charge in [-0.15, -0.1) is 11.3 Å². The molecule has 0 spiro atoms. The van der Waals surface area contributed by atoms with Crippen molar-refractivity contribution in [3.05, 3.63) is 17.0 Å². The molecule has 0 aliphatic heterocycles. The Bertz CT molecular complexity index is 581. The fourth-order valence-electron chi connectivity index (χ4n) is 1.32. The van der Waals surface area contributed by atoms with Crippen molar-refractivity contribution in [1.29, 1.82) is 0 Å². The molecule has 0 aromatic carbocycles. The first-order valence-corrected chi connectivity index (χ1v) is 8.73. The van der Waals surface area contributed by atoms with Crippen LogP contribution in [0.1, 0.15) is 24.6 Å². The lowest BCUT2D eigenvalue weighted by molar-refractivity contribution is -0.120. The highest BCUT2D eigenvalue weighted by atomic mass is 32.2. The number of hydrogen-bond acceptors (Lipinski definition) is 5. The van der Waals surface area contributed by atoms with Crippen LogP contribution < -0.4 is 15.8 Å². The summed E-state index contributed by atoms with van der Waals surface area (Å²) >= 11 is 5.78. The average molecular weight is 335 g/mol. The van der Waals surface area contributed by atoms with Crippen LogP contribution in [0.4, 0.5) is 0 Å². The highest BCUT2D eigenvalue weighted by molar-refractivity contribution is 7.91. The highest BCUT2D eigenvalue weighted by Crippen LogP contribution is 2.21. The molecular weight excluding hydrogens is 318 g/mol. The smallest absolute Gasteiger partial charge is 0.250 e. The van der Waals surface area contributed by atoms with E-state index in [9.17, 15) is 13.2 Å². The molecule has 0 saturated carbocycles. The predicted molar refractivity (Wildman–Crippen MR) is 83.3 cm³/mol. The molecule has 0 radical (unpaired) electrons. The zero-order valence-corrected chi connectivity index (χ0v) is 13.5. The summed E-state index contributed by atoms with van der Waals surface area (Å²) in [5.74, 6) is -0.176. The van der Waals surface area contributed by atoms with Crippen LogP contribution in [0.25, 0.3) is 0 Å². The second kappa shape index (κ2) is 7.67. The molecule has 0 aliphatic rings. The number of nitrogens with one attached hydrogen (secondary N) is 2. The molecule has 1 rings (SSSR count). The van der Waals surface area contributed by atoms with Gasteiger partial charge < -0.3 is 11.1 Å². The maximum absolute atomic E-state index is 11.9. The number of rotatable bonds is 8. The number of thiocarbonyl (C=S) groups is 1. The third-order valence-corrected chi connectivity index (χ3v) is 5.73. The van der Waals surface area contributed by atoms with E-state index in [1.54, 1.807) is 6.07 Å². The molecular formula is C11H17N3O3S3. The minimum atomic E-state index is -3.62. The van der Waals surface area contributed by atoms with Crippen molar-refractivity contribution in [3.63, 3.8) is 0 Å². The number of amides is 1. The van der Waals surface area contributed by atoms with Gasteiger partial charge in [0.2, 0.25) is 15.9 Å². The van der Waals surface area contributed by atoms with Gasteiger partial charge in [0, 0.05) is 19.5 Å². The Morgan fingerprint density at radius 1 is 1.40 bits per heavy atom. The van der Waals surface area contributed by atoms with Gasteiger partial charge in [0.25, 0.3) is 0 Å². The zero-order chi connectivity index (χ0) is 15.2. The molecule has 0 atom stereocenters. The Hall–Kier alpha value is -1.03. The summed E-state index contributed by atoms with van der Waals surface area (Å²) < 4.78 is 26.4. The van der Waals surface area contributed by atoms with E-state index in [2.05, 4.69) is 10.0 Å². The van der Waals surface area contributed by atoms with Gasteiger partial charge in [-0.3, -0.25) is 4.79 Å². The molecule has 0 fully saturated rings. The number of thiophene rings is 1. The van der Waals surface area contributed by atoms with Crippen molar-refractivity contribution in [1.82, 2.24) is 10.0 Å². The fraction of sp³-hybridized carbons (Fsp3) is 0.455. The zero-order valence-electron chi connectivity index (χ0n) is 11.0. The summed E-state index contributed by atoms with van der Waals surface area (Å²) in [7, 11) is -3.62. The Labute approximate surface area is 127 Å². The summed E-state index contributed by atoms with van der Waals surface area (Å²) in [6, 6.07) is 3.01. The van der Waals surface area contributed by atoms with E-state index in [1.807, 2.05) is 6.92 Å². The molecule has 0 aliphatic carbocycles. The topological polar surface area (TPSA) is 101 Å². The van der Waals surface area contributed by atoms with E-state index in [0.717, 1.165) is 17.8 Å². The molecule has 20 heavy (non-hydrogen) atoms. The summed E-state index contributed by atoms with van der Waals surface area (Å²) in [6.45, 7) is 2.59. The Balaban J connectivity index is 2.53. The van der Waals surface area contributed by atoms with Gasteiger partial charge in [0.15, 0.2) is 0 Å². The quantitative estimate of drug-likeness (QED) is 0.603. The van der Waals surface area contributed by atoms with E-state index in [-0.39, 0.29) is 28.1 Å². The van der Waals surface area contributed by atoms with Gasteiger partial charge in [-0.1, -0.05) is 19.1 Å². The van der Waals surface area contributed by atoms with E-state index < -0.39 is 10.0 Å². The molecule has 1 amide bonds. The SMILES string of the molecule is CCCNC(=O)CCNS(=O)(=O)c1ccc(C(N)=S)s1. The molecule has 4 N–H and O–H groups in total. The van der Waals surface area contributed by atoms with Crippen molar-refractivity contribution in [2.24, 2.45) is 5.73 Å². The molecule has 1 aromatic rings. The number of sulfonamides is 1. The second-order valence-electron chi connectivity index (χ2n) is 3.98. The van der Waals surface area contributed by atoms with Crippen molar-refractivity contribution in [2.75, 3.05) is 13.1 Å². The fourth-order valence-corrected chi connectivity index (χ4v) is 3.75. The average Bonchev–Trinajstić information content (AvgIpc) is 2.86. The van der Waals surface area contributed by atoms with Gasteiger partial charge in [0.05, 0.1) is 4.88 Å². The van der Waals surface area contributed by atoms with Crippen LogP contribution in [-0.4, -0.2) is 32.4 Å². The van der Waals surface area contributed by atoms with Crippen LogP contribution in [0, 0.1) is 0 Å². The number of nitrogens with two attached hydrogens (primary N) is 1. The van der Waals surface area contributed by atoms with Gasteiger partial charge >= 0.3 is 0 Å². The minimum absolute atomic E-state index is 0.0538. The van der Waals surface area contributed by atoms with Crippen LogP contribution in [-0.2, 0) is 14.8 Å². The number of hydrogen-bond donors (Lipinski definition) is 3. The summed E-state index contributed by atoms with van der Waals surface area (Å²) in [6.07, 6.45) is 0.946. The summed E-state index contributed by atoms with van der Waals surface area (Å²) in [5, 5.41) is 2.67. The van der Waals surface area contributed by atoms with Crippen LogP contribution in [0.2, 0.25) is 0 Å². The predicted octanol–water partition coefficient (Wildman–Crippen LogP) is 0.577. The normalized spacial score (nSPS) is 11.2. The first-order chi connectivity index (χ1) is 9.36. The summed E-state index contributed by atoms with van der Waals surface area (Å²) in [4.78, 5) is 12.0. The van der Waals surface area contributed by atoms with Crippen molar-refractivity contribution >= 4 is 44.5 Å². The Morgan fingerprint density at radius 3 is 2.65 bits per heavy atom. The Morgan fingerprint density at radius 2 is 2.10 bits per heavy atom. The standard InChI is InChI=1S/C11H17N3O3S3/c1-2-6-13-9(15)5-7-14-20(16,17)10-4-3-8(19-10)11(12)18/h3-4,14H,2,5-7H2,1H3,(H2,12,18)(H,13,15). The van der Waals surface area contributed by atoms with Gasteiger partial charge in [-0.2, -0.15) is 0 Å². The van der Waals surface area contributed by atoms with Gasteiger partial charge in [0.1, 0.15) is 9.20 Å². The van der Waals surface area contributed by atoms with Crippen molar-refractivity contribution in [2.45, 2.75) is 24.0 Å². The van der Waals surface area contributed by atoms with E-state index in [0.29, 0.717) is 11.4 Å². The van der Waals surface area contributed by atoms with E-state index in [1.165, 1.54) is 6.07 Å². The minimum Gasteiger partial charge on any atom is -0.389 e. The molecule has 112 valence electrons. The van der Waals surface area contributed by atoms with Crippen LogP contribution >= 0.6 is 23.6 Å². The third-order valence-electron chi connectivity index (χ3n) is 2.31. The monoisotopic (exact) mass is 335 g/mol. The lowest BCUT2D eigenvalue weighted by Crippen LogP contribution is -2.30. The molecule has 0 saturated heterocycles. The van der Waals surface area contributed by atoms with Gasteiger partial charge in [-0.25, -0.2) is 13.1 Å². The maximum Gasteiger partial charge on any atom is 0.250 e. The lowest BCUT2D eigenvalue weighted by Gasteiger charge is -2.05. The summed E-state index contributed by atoms with van der Waals surface area (Å²) in [5.41, 5.74) is 5.43. The first-order valence-electron chi connectivity index (χ1n) is 6.03. The highest BCUT2D eigenvalue weighted by Gasteiger charge is 2.17. The molecule has 9 heteroatoms. The largest absolute Gasteiger partial charge is 0.389 e. The number of carbonyl (C=O) groups excluding carboxylic acids is 1. The lowest BCUT2D eigenvalue weighted by atomic mass is 10.4. The molecule has 1 aromatic heterocycles. The second-order valence-corrected chi connectivity index (χ2v) is 7.50. The van der Waals surface area contributed by atoms with Crippen LogP contribution in [0.5, 0.6) is 0 Å².